The van der Waals surface area contributed by atoms with Gasteiger partial charge < -0.3 is 19.5 Å². The molecule has 1 aromatic rings. The van der Waals surface area contributed by atoms with Gasteiger partial charge in [0.15, 0.2) is 18.1 Å². The predicted molar refractivity (Wildman–Crippen MR) is 89.8 cm³/mol. The van der Waals surface area contributed by atoms with Crippen LogP contribution < -0.4 is 9.47 Å². The van der Waals surface area contributed by atoms with Crippen molar-refractivity contribution in [2.24, 2.45) is 5.92 Å². The van der Waals surface area contributed by atoms with E-state index >= 15 is 0 Å². The first-order valence-corrected chi connectivity index (χ1v) is 8.56. The lowest BCUT2D eigenvalue weighted by molar-refractivity contribution is -0.153. The maximum atomic E-state index is 12.3. The molecular weight excluding hydrogens is 367 g/mol. The summed E-state index contributed by atoms with van der Waals surface area (Å²) >= 11 is 0. The quantitative estimate of drug-likeness (QED) is 0.776. The molecule has 1 heterocycles. The van der Waals surface area contributed by atoms with Gasteiger partial charge in [0.1, 0.15) is 0 Å². The summed E-state index contributed by atoms with van der Waals surface area (Å²) in [7, 11) is 1.32. The molecule has 0 unspecified atom stereocenters. The molecule has 1 aliphatic heterocycles. The molecule has 0 bridgehead atoms. The third kappa shape index (κ3) is 6.33. The molecule has 0 aromatic heterocycles. The summed E-state index contributed by atoms with van der Waals surface area (Å²) in [6.45, 7) is -0.668. The molecule has 0 radical (unpaired) electrons. The van der Waals surface area contributed by atoms with E-state index in [2.05, 4.69) is 0 Å². The summed E-state index contributed by atoms with van der Waals surface area (Å²) in [4.78, 5) is 25.0. The van der Waals surface area contributed by atoms with Crippen molar-refractivity contribution in [3.05, 3.63) is 23.8 Å². The van der Waals surface area contributed by atoms with Crippen molar-refractivity contribution in [1.82, 2.24) is 4.90 Å². The molecule has 0 aliphatic carbocycles. The minimum atomic E-state index is -4.45. The molecule has 1 amide bonds. The fourth-order valence-corrected chi connectivity index (χ4v) is 2.96. The standard InChI is InChI=1S/C18H22F3NO5/c1-26-15-9-12(4-6-14(15)27-11-18(19,20)21)5-7-16(23)22-8-2-3-13(10-22)17(24)25/h4,6,9,13H,2-3,5,7-8,10-11H2,1H3,(H,24,25)/t13-/m1/s1. The Kier molecular flexibility index (Phi) is 6.92. The highest BCUT2D eigenvalue weighted by atomic mass is 19.4. The maximum absolute atomic E-state index is 12.3. The number of likely N-dealkylation sites (tertiary alicyclic amines) is 1. The first-order chi connectivity index (χ1) is 12.7. The van der Waals surface area contributed by atoms with Crippen LogP contribution in [0.1, 0.15) is 24.8 Å². The van der Waals surface area contributed by atoms with Crippen LogP contribution in [0.3, 0.4) is 0 Å². The summed E-state index contributed by atoms with van der Waals surface area (Å²) in [5.41, 5.74) is 0.714. The number of aryl methyl sites for hydroxylation is 1. The fraction of sp³-hybridized carbons (Fsp3) is 0.556. The number of aliphatic carboxylic acids is 1. The third-order valence-electron chi connectivity index (χ3n) is 4.37. The fourth-order valence-electron chi connectivity index (χ4n) is 2.96. The molecule has 1 aromatic carbocycles. The summed E-state index contributed by atoms with van der Waals surface area (Å²) in [6.07, 6.45) is -2.68. The number of hydrogen-bond donors (Lipinski definition) is 1. The van der Waals surface area contributed by atoms with E-state index in [0.717, 1.165) is 0 Å². The number of amides is 1. The first-order valence-electron chi connectivity index (χ1n) is 8.56. The van der Waals surface area contributed by atoms with Gasteiger partial charge in [0.2, 0.25) is 5.91 Å². The summed E-state index contributed by atoms with van der Waals surface area (Å²) < 4.78 is 46.6. The minimum Gasteiger partial charge on any atom is -0.493 e. The number of carbonyl (C=O) groups is 2. The second-order valence-corrected chi connectivity index (χ2v) is 6.41. The topological polar surface area (TPSA) is 76.1 Å². The summed E-state index contributed by atoms with van der Waals surface area (Å²) in [6, 6.07) is 4.50. The zero-order chi connectivity index (χ0) is 20.0. The number of benzene rings is 1. The Balaban J connectivity index is 1.93. The van der Waals surface area contributed by atoms with Crippen molar-refractivity contribution in [2.45, 2.75) is 31.9 Å². The number of piperidine rings is 1. The first kappa shape index (κ1) is 20.9. The van der Waals surface area contributed by atoms with Crippen LogP contribution in [-0.2, 0) is 16.0 Å². The number of alkyl halides is 3. The van der Waals surface area contributed by atoms with Gasteiger partial charge in [-0.15, -0.1) is 0 Å². The zero-order valence-electron chi connectivity index (χ0n) is 14.9. The van der Waals surface area contributed by atoms with Crippen molar-refractivity contribution in [3.63, 3.8) is 0 Å². The molecule has 6 nitrogen and oxygen atoms in total. The Labute approximate surface area is 154 Å². The maximum Gasteiger partial charge on any atom is 0.422 e. The van der Waals surface area contributed by atoms with E-state index in [9.17, 15) is 22.8 Å². The zero-order valence-corrected chi connectivity index (χ0v) is 14.9. The second kappa shape index (κ2) is 8.96. The molecular formula is C18H22F3NO5. The molecule has 1 N–H and O–H groups in total. The Morgan fingerprint density at radius 1 is 1.30 bits per heavy atom. The Morgan fingerprint density at radius 3 is 2.67 bits per heavy atom. The van der Waals surface area contributed by atoms with Gasteiger partial charge >= 0.3 is 12.1 Å². The van der Waals surface area contributed by atoms with Crippen LogP contribution in [0, 0.1) is 5.92 Å². The number of carboxylic acid groups (broad SMARTS) is 1. The SMILES string of the molecule is COc1cc(CCC(=O)N2CCC[C@@H](C(=O)O)C2)ccc1OCC(F)(F)F. The smallest absolute Gasteiger partial charge is 0.422 e. The molecule has 27 heavy (non-hydrogen) atoms. The van der Waals surface area contributed by atoms with Crippen LogP contribution in [0.25, 0.3) is 0 Å². The Bertz CT molecular complexity index is 677. The van der Waals surface area contributed by atoms with Gasteiger partial charge in [-0.25, -0.2) is 0 Å². The number of ether oxygens (including phenoxy) is 2. The second-order valence-electron chi connectivity index (χ2n) is 6.41. The number of halogens is 3. The van der Waals surface area contributed by atoms with Gasteiger partial charge in [-0.1, -0.05) is 6.07 Å². The molecule has 2 rings (SSSR count). The number of hydrogen-bond acceptors (Lipinski definition) is 4. The Morgan fingerprint density at radius 2 is 2.04 bits per heavy atom. The van der Waals surface area contributed by atoms with Crippen LogP contribution in [0.5, 0.6) is 11.5 Å². The van der Waals surface area contributed by atoms with E-state index in [1.54, 1.807) is 11.0 Å². The molecule has 1 atom stereocenters. The normalized spacial score (nSPS) is 17.5. The van der Waals surface area contributed by atoms with Crippen LogP contribution in [-0.4, -0.2) is 54.9 Å². The van der Waals surface area contributed by atoms with E-state index in [1.807, 2.05) is 0 Å². The third-order valence-corrected chi connectivity index (χ3v) is 4.37. The highest BCUT2D eigenvalue weighted by molar-refractivity contribution is 5.78. The Hall–Kier alpha value is -2.45. The lowest BCUT2D eigenvalue weighted by Gasteiger charge is -2.30. The average Bonchev–Trinajstić information content (AvgIpc) is 2.64. The van der Waals surface area contributed by atoms with Crippen molar-refractivity contribution >= 4 is 11.9 Å². The van der Waals surface area contributed by atoms with Crippen LogP contribution in [0.4, 0.5) is 13.2 Å². The van der Waals surface area contributed by atoms with Gasteiger partial charge in [-0.05, 0) is 37.0 Å². The minimum absolute atomic E-state index is 0.0229. The summed E-state index contributed by atoms with van der Waals surface area (Å²) in [5.74, 6) is -1.43. The molecule has 0 saturated carbocycles. The summed E-state index contributed by atoms with van der Waals surface area (Å²) in [5, 5.41) is 9.09. The molecule has 1 saturated heterocycles. The lowest BCUT2D eigenvalue weighted by Crippen LogP contribution is -2.42. The highest BCUT2D eigenvalue weighted by Gasteiger charge is 2.29. The van der Waals surface area contributed by atoms with Crippen LogP contribution in [0.15, 0.2) is 18.2 Å². The number of methoxy groups -OCH3 is 1. The van der Waals surface area contributed by atoms with Crippen molar-refractivity contribution in [2.75, 3.05) is 26.8 Å². The van der Waals surface area contributed by atoms with Gasteiger partial charge in [-0.3, -0.25) is 9.59 Å². The number of nitrogens with zero attached hydrogens (tertiary/aromatic N) is 1. The van der Waals surface area contributed by atoms with Gasteiger partial charge in [-0.2, -0.15) is 13.2 Å². The van der Waals surface area contributed by atoms with Crippen LogP contribution in [0.2, 0.25) is 0 Å². The largest absolute Gasteiger partial charge is 0.493 e. The number of carboxylic acids is 1. The van der Waals surface area contributed by atoms with E-state index in [0.29, 0.717) is 31.4 Å². The van der Waals surface area contributed by atoms with E-state index in [-0.39, 0.29) is 30.4 Å². The average molecular weight is 389 g/mol. The van der Waals surface area contributed by atoms with Crippen molar-refractivity contribution in [3.8, 4) is 11.5 Å². The predicted octanol–water partition coefficient (Wildman–Crippen LogP) is 2.89. The molecule has 1 aliphatic rings. The lowest BCUT2D eigenvalue weighted by atomic mass is 9.97. The van der Waals surface area contributed by atoms with E-state index < -0.39 is 24.7 Å². The van der Waals surface area contributed by atoms with E-state index in [1.165, 1.54) is 19.2 Å². The van der Waals surface area contributed by atoms with Gasteiger partial charge in [0.25, 0.3) is 0 Å². The van der Waals surface area contributed by atoms with Gasteiger partial charge in [0.05, 0.1) is 13.0 Å². The molecule has 0 spiro atoms. The van der Waals surface area contributed by atoms with Crippen LogP contribution >= 0.6 is 0 Å². The molecule has 1 fully saturated rings. The molecule has 150 valence electrons. The molecule has 9 heteroatoms. The number of rotatable bonds is 7. The van der Waals surface area contributed by atoms with E-state index in [4.69, 9.17) is 14.6 Å². The monoisotopic (exact) mass is 389 g/mol. The van der Waals surface area contributed by atoms with Crippen molar-refractivity contribution in [1.29, 1.82) is 0 Å². The van der Waals surface area contributed by atoms with Crippen molar-refractivity contribution < 1.29 is 37.3 Å². The van der Waals surface area contributed by atoms with Gasteiger partial charge in [0, 0.05) is 19.5 Å². The number of carbonyl (C=O) groups excluding carboxylic acids is 1. The highest BCUT2D eigenvalue weighted by Crippen LogP contribution is 2.30.